The molecule has 1 aromatic heterocycles. The molecule has 0 spiro atoms. The monoisotopic (exact) mass is 517 g/mol. The van der Waals surface area contributed by atoms with Crippen molar-refractivity contribution in [3.63, 3.8) is 0 Å². The van der Waals surface area contributed by atoms with Crippen molar-refractivity contribution in [1.82, 2.24) is 4.90 Å². The lowest BCUT2D eigenvalue weighted by Crippen LogP contribution is -2.39. The summed E-state index contributed by atoms with van der Waals surface area (Å²) in [7, 11) is 0. The Morgan fingerprint density at radius 1 is 0.972 bits per heavy atom. The first-order valence-electron chi connectivity index (χ1n) is 12.0. The molecule has 3 aromatic rings. The van der Waals surface area contributed by atoms with Crippen LogP contribution in [0.2, 0.25) is 0 Å². The fourth-order valence-corrected chi connectivity index (χ4v) is 5.33. The van der Waals surface area contributed by atoms with E-state index in [2.05, 4.69) is 17.0 Å². The van der Waals surface area contributed by atoms with Crippen LogP contribution >= 0.6 is 11.3 Å². The summed E-state index contributed by atoms with van der Waals surface area (Å²) in [6, 6.07) is 15.4. The van der Waals surface area contributed by atoms with Crippen molar-refractivity contribution in [3.8, 4) is 16.2 Å². The van der Waals surface area contributed by atoms with Crippen LogP contribution in [0.25, 0.3) is 10.4 Å². The van der Waals surface area contributed by atoms with Gasteiger partial charge in [0.1, 0.15) is 5.75 Å². The van der Waals surface area contributed by atoms with Gasteiger partial charge in [-0.1, -0.05) is 18.2 Å². The van der Waals surface area contributed by atoms with E-state index in [9.17, 15) is 18.0 Å². The Labute approximate surface area is 213 Å². The number of rotatable bonds is 7. The van der Waals surface area contributed by atoms with Crippen molar-refractivity contribution in [2.24, 2.45) is 0 Å². The van der Waals surface area contributed by atoms with E-state index in [-0.39, 0.29) is 0 Å². The summed E-state index contributed by atoms with van der Waals surface area (Å²) in [6.07, 6.45) is -2.55. The Bertz CT molecular complexity index is 1200. The van der Waals surface area contributed by atoms with Crippen molar-refractivity contribution >= 4 is 17.3 Å². The molecule has 4 rings (SSSR count). The van der Waals surface area contributed by atoms with Crippen LogP contribution in [0.1, 0.15) is 42.3 Å². The summed E-state index contributed by atoms with van der Waals surface area (Å²) < 4.78 is 49.6. The number of hydrogen-bond donors (Lipinski definition) is 0. The maximum Gasteiger partial charge on any atom is 0.416 e. The Hall–Kier alpha value is -2.84. The normalized spacial score (nSPS) is 14.7. The minimum Gasteiger partial charge on any atom is -0.476 e. The summed E-state index contributed by atoms with van der Waals surface area (Å²) in [5.74, 6) is 0.262. The molecule has 8 heteroatoms. The van der Waals surface area contributed by atoms with Crippen molar-refractivity contribution in [2.75, 3.05) is 19.7 Å². The molecule has 0 amide bonds. The molecule has 1 aliphatic rings. The largest absolute Gasteiger partial charge is 0.476 e. The van der Waals surface area contributed by atoms with Crippen LogP contribution in [0.4, 0.5) is 13.2 Å². The first-order chi connectivity index (χ1) is 17.0. The first-order valence-corrected chi connectivity index (χ1v) is 12.8. The van der Waals surface area contributed by atoms with Crippen LogP contribution in [-0.2, 0) is 35.1 Å². The highest BCUT2D eigenvalue weighted by molar-refractivity contribution is 7.15. The van der Waals surface area contributed by atoms with Crippen LogP contribution in [0.5, 0.6) is 5.75 Å². The van der Waals surface area contributed by atoms with E-state index in [4.69, 9.17) is 9.47 Å². The van der Waals surface area contributed by atoms with E-state index in [0.717, 1.165) is 55.0 Å². The minimum atomic E-state index is -4.33. The molecule has 2 heterocycles. The predicted octanol–water partition coefficient (Wildman–Crippen LogP) is 6.76. The summed E-state index contributed by atoms with van der Waals surface area (Å²) in [5, 5.41) is 0. The van der Waals surface area contributed by atoms with E-state index < -0.39 is 23.3 Å². The molecule has 1 aliphatic heterocycles. The van der Waals surface area contributed by atoms with E-state index in [0.29, 0.717) is 12.4 Å². The van der Waals surface area contributed by atoms with Gasteiger partial charge in [-0.25, -0.2) is 4.79 Å². The zero-order valence-corrected chi connectivity index (χ0v) is 21.5. The van der Waals surface area contributed by atoms with Crippen LogP contribution in [0.3, 0.4) is 0 Å². The van der Waals surface area contributed by atoms with Crippen molar-refractivity contribution in [3.05, 3.63) is 76.2 Å². The number of ether oxygens (including phenoxy) is 2. The molecule has 0 fully saturated rings. The van der Waals surface area contributed by atoms with Gasteiger partial charge in [0.05, 0.1) is 12.2 Å². The Balaban J connectivity index is 1.38. The fraction of sp³-hybridized carbons (Fsp3) is 0.393. The van der Waals surface area contributed by atoms with Crippen LogP contribution < -0.4 is 4.74 Å². The standard InChI is InChI=1S/C28H30F3NO3S/c1-4-34-26(33)27(2,3)35-23-10-7-19-13-15-32(16-14-21(19)17-23)18-24-11-12-25(36-24)20-5-8-22(9-6-20)28(29,30)31/h5-12,17H,4,13-16,18H2,1-3H3. The zero-order chi connectivity index (χ0) is 25.9. The smallest absolute Gasteiger partial charge is 0.416 e. The second kappa shape index (κ2) is 10.6. The number of hydrogen-bond acceptors (Lipinski definition) is 5. The quantitative estimate of drug-likeness (QED) is 0.325. The van der Waals surface area contributed by atoms with Crippen LogP contribution in [0, 0.1) is 0 Å². The van der Waals surface area contributed by atoms with Crippen LogP contribution in [0.15, 0.2) is 54.6 Å². The molecule has 2 aromatic carbocycles. The number of thiophene rings is 1. The van der Waals surface area contributed by atoms with E-state index in [1.54, 1.807) is 32.1 Å². The lowest BCUT2D eigenvalue weighted by atomic mass is 10.0. The van der Waals surface area contributed by atoms with Gasteiger partial charge in [-0.3, -0.25) is 4.90 Å². The van der Waals surface area contributed by atoms with Gasteiger partial charge < -0.3 is 9.47 Å². The fourth-order valence-electron chi connectivity index (χ4n) is 4.27. The number of halogens is 3. The van der Waals surface area contributed by atoms with Crippen molar-refractivity contribution in [1.29, 1.82) is 0 Å². The molecule has 0 saturated carbocycles. The van der Waals surface area contributed by atoms with E-state index >= 15 is 0 Å². The third kappa shape index (κ3) is 6.28. The van der Waals surface area contributed by atoms with Crippen molar-refractivity contribution < 1.29 is 27.4 Å². The number of esters is 1. The Morgan fingerprint density at radius 3 is 2.33 bits per heavy atom. The number of carbonyl (C=O) groups excluding carboxylic acids is 1. The number of nitrogens with zero attached hydrogens (tertiary/aromatic N) is 1. The molecule has 36 heavy (non-hydrogen) atoms. The third-order valence-corrected chi connectivity index (χ3v) is 7.37. The SMILES string of the molecule is CCOC(=O)C(C)(C)Oc1ccc2c(c1)CCN(Cc1ccc(-c3ccc(C(F)(F)F)cc3)s1)CC2. The maximum atomic E-state index is 12.8. The molecule has 0 atom stereocenters. The lowest BCUT2D eigenvalue weighted by molar-refractivity contribution is -0.158. The lowest BCUT2D eigenvalue weighted by Gasteiger charge is -2.24. The van der Waals surface area contributed by atoms with Gasteiger partial charge in [0, 0.05) is 29.4 Å². The summed E-state index contributed by atoms with van der Waals surface area (Å²) in [6.45, 7) is 8.07. The molecule has 0 unspecified atom stereocenters. The number of fused-ring (bicyclic) bond motifs is 1. The van der Waals surface area contributed by atoms with Gasteiger partial charge in [0.2, 0.25) is 0 Å². The third-order valence-electron chi connectivity index (χ3n) is 6.25. The molecule has 0 N–H and O–H groups in total. The molecule has 192 valence electrons. The highest BCUT2D eigenvalue weighted by Crippen LogP contribution is 2.34. The predicted molar refractivity (Wildman–Crippen MR) is 135 cm³/mol. The van der Waals surface area contributed by atoms with Gasteiger partial charge in [0.15, 0.2) is 5.60 Å². The molecule has 0 aliphatic carbocycles. The van der Waals surface area contributed by atoms with E-state index in [1.807, 2.05) is 18.2 Å². The zero-order valence-electron chi connectivity index (χ0n) is 20.7. The summed E-state index contributed by atoms with van der Waals surface area (Å²) in [5.41, 5.74) is 1.58. The van der Waals surface area contributed by atoms with E-state index in [1.165, 1.54) is 28.1 Å². The molecule has 4 nitrogen and oxygen atoms in total. The van der Waals surface area contributed by atoms with Crippen molar-refractivity contribution in [2.45, 2.75) is 51.9 Å². The van der Waals surface area contributed by atoms with Crippen LogP contribution in [-0.4, -0.2) is 36.2 Å². The average Bonchev–Trinajstić information content (AvgIpc) is 3.20. The maximum absolute atomic E-state index is 12.8. The first kappa shape index (κ1) is 26.2. The molecular weight excluding hydrogens is 487 g/mol. The van der Waals surface area contributed by atoms with Gasteiger partial charge >= 0.3 is 12.1 Å². The molecular formula is C28H30F3NO3S. The molecule has 0 radical (unpaired) electrons. The second-order valence-corrected chi connectivity index (χ2v) is 10.5. The highest BCUT2D eigenvalue weighted by atomic mass is 32.1. The molecule has 0 saturated heterocycles. The van der Waals surface area contributed by atoms with Gasteiger partial charge in [-0.15, -0.1) is 11.3 Å². The van der Waals surface area contributed by atoms with Gasteiger partial charge in [-0.2, -0.15) is 13.2 Å². The number of carbonyl (C=O) groups is 1. The van der Waals surface area contributed by atoms with Gasteiger partial charge in [0.25, 0.3) is 0 Å². The topological polar surface area (TPSA) is 38.8 Å². The summed E-state index contributed by atoms with van der Waals surface area (Å²) >= 11 is 1.61. The average molecular weight is 518 g/mol. The number of benzene rings is 2. The second-order valence-electron chi connectivity index (χ2n) is 9.38. The Kier molecular flexibility index (Phi) is 7.76. The molecule has 0 bridgehead atoms. The number of alkyl halides is 3. The highest BCUT2D eigenvalue weighted by Gasteiger charge is 2.32. The minimum absolute atomic E-state index is 0.307. The van der Waals surface area contributed by atoms with Gasteiger partial charge in [-0.05, 0) is 86.7 Å². The summed E-state index contributed by atoms with van der Waals surface area (Å²) in [4.78, 5) is 16.7. The Morgan fingerprint density at radius 2 is 1.67 bits per heavy atom.